The predicted molar refractivity (Wildman–Crippen MR) is 73.7 cm³/mol. The molecule has 0 aliphatic heterocycles. The van der Waals surface area contributed by atoms with Gasteiger partial charge in [0.05, 0.1) is 6.04 Å². The maximum absolute atomic E-state index is 11.9. The Bertz CT molecular complexity index is 231. The summed E-state index contributed by atoms with van der Waals surface area (Å²) in [5, 5.41) is 3.02. The molecule has 0 fully saturated rings. The van der Waals surface area contributed by atoms with Gasteiger partial charge < -0.3 is 11.1 Å². The fourth-order valence-electron chi connectivity index (χ4n) is 1.90. The third-order valence-electron chi connectivity index (χ3n) is 4.10. The smallest absolute Gasteiger partial charge is 0.237 e. The summed E-state index contributed by atoms with van der Waals surface area (Å²) in [7, 11) is 0. The Kier molecular flexibility index (Phi) is 6.17. The van der Waals surface area contributed by atoms with Crippen LogP contribution < -0.4 is 11.1 Å². The molecule has 0 spiro atoms. The van der Waals surface area contributed by atoms with Gasteiger partial charge >= 0.3 is 0 Å². The molecule has 0 saturated heterocycles. The second-order valence-corrected chi connectivity index (χ2v) is 6.12. The topological polar surface area (TPSA) is 55.1 Å². The summed E-state index contributed by atoms with van der Waals surface area (Å²) in [6, 6.07) is -0.439. The molecule has 0 aliphatic rings. The highest BCUT2D eigenvalue weighted by atomic mass is 16.2. The van der Waals surface area contributed by atoms with E-state index in [4.69, 9.17) is 5.73 Å². The fourth-order valence-corrected chi connectivity index (χ4v) is 1.90. The van der Waals surface area contributed by atoms with Gasteiger partial charge in [-0.05, 0) is 30.1 Å². The number of hydrogen-bond acceptors (Lipinski definition) is 2. The average Bonchev–Trinajstić information content (AvgIpc) is 2.29. The first-order valence-corrected chi connectivity index (χ1v) is 6.75. The van der Waals surface area contributed by atoms with Crippen LogP contribution in [0.1, 0.15) is 60.8 Å². The minimum Gasteiger partial charge on any atom is -0.354 e. The fraction of sp³-hybridized carbons (Fsp3) is 0.929. The van der Waals surface area contributed by atoms with E-state index in [1.54, 1.807) is 0 Å². The van der Waals surface area contributed by atoms with Crippen LogP contribution in [0.5, 0.6) is 0 Å². The van der Waals surface area contributed by atoms with Crippen LogP contribution in [0.4, 0.5) is 0 Å². The lowest BCUT2D eigenvalue weighted by atomic mass is 9.79. The first-order valence-electron chi connectivity index (χ1n) is 6.75. The predicted octanol–water partition coefficient (Wildman–Crippen LogP) is 2.69. The molecular weight excluding hydrogens is 212 g/mol. The van der Waals surface area contributed by atoms with Gasteiger partial charge in [-0.1, -0.05) is 41.5 Å². The summed E-state index contributed by atoms with van der Waals surface area (Å²) < 4.78 is 0. The molecule has 0 aromatic rings. The number of carbonyl (C=O) groups excluding carboxylic acids is 1. The molecule has 0 aliphatic carbocycles. The van der Waals surface area contributed by atoms with Gasteiger partial charge in [0, 0.05) is 6.54 Å². The van der Waals surface area contributed by atoms with Gasteiger partial charge in [0.1, 0.15) is 0 Å². The third-order valence-corrected chi connectivity index (χ3v) is 4.10. The molecule has 3 heteroatoms. The highest BCUT2D eigenvalue weighted by Crippen LogP contribution is 2.29. The summed E-state index contributed by atoms with van der Waals surface area (Å²) >= 11 is 0. The maximum Gasteiger partial charge on any atom is 0.237 e. The van der Waals surface area contributed by atoms with Crippen LogP contribution in [-0.4, -0.2) is 18.5 Å². The van der Waals surface area contributed by atoms with Crippen molar-refractivity contribution in [3.05, 3.63) is 0 Å². The molecule has 0 bridgehead atoms. The number of nitrogens with two attached hydrogens (primary N) is 1. The first-order chi connectivity index (χ1) is 7.72. The number of rotatable bonds is 6. The van der Waals surface area contributed by atoms with Crippen LogP contribution >= 0.6 is 0 Å². The Morgan fingerprint density at radius 2 is 1.53 bits per heavy atom. The molecular formula is C14H30N2O. The highest BCUT2D eigenvalue weighted by molar-refractivity contribution is 5.82. The van der Waals surface area contributed by atoms with Crippen molar-refractivity contribution in [3.8, 4) is 0 Å². The van der Waals surface area contributed by atoms with Gasteiger partial charge in [-0.3, -0.25) is 4.79 Å². The molecule has 0 unspecified atom stereocenters. The van der Waals surface area contributed by atoms with Gasteiger partial charge in [-0.2, -0.15) is 0 Å². The average molecular weight is 242 g/mol. The third kappa shape index (κ3) is 4.66. The van der Waals surface area contributed by atoms with Crippen LogP contribution in [0, 0.1) is 10.8 Å². The second kappa shape index (κ2) is 6.39. The Labute approximate surface area is 107 Å². The summed E-state index contributed by atoms with van der Waals surface area (Å²) in [6.07, 6.45) is 3.26. The summed E-state index contributed by atoms with van der Waals surface area (Å²) in [5.41, 5.74) is 5.98. The van der Waals surface area contributed by atoms with Gasteiger partial charge in [-0.25, -0.2) is 0 Å². The molecule has 17 heavy (non-hydrogen) atoms. The van der Waals surface area contributed by atoms with E-state index >= 15 is 0 Å². The van der Waals surface area contributed by atoms with Gasteiger partial charge in [0.25, 0.3) is 0 Å². The van der Waals surface area contributed by atoms with E-state index in [1.165, 1.54) is 0 Å². The lowest BCUT2D eigenvalue weighted by molar-refractivity contribution is -0.125. The van der Waals surface area contributed by atoms with Crippen LogP contribution in [0.2, 0.25) is 0 Å². The van der Waals surface area contributed by atoms with Crippen molar-refractivity contribution in [3.63, 3.8) is 0 Å². The first kappa shape index (κ1) is 16.4. The molecule has 1 amide bonds. The zero-order valence-electron chi connectivity index (χ0n) is 12.4. The van der Waals surface area contributed by atoms with Crippen LogP contribution in [0.25, 0.3) is 0 Å². The largest absolute Gasteiger partial charge is 0.354 e. The second-order valence-electron chi connectivity index (χ2n) is 6.12. The van der Waals surface area contributed by atoms with E-state index in [2.05, 4.69) is 26.1 Å². The quantitative estimate of drug-likeness (QED) is 0.752. The van der Waals surface area contributed by atoms with E-state index in [-0.39, 0.29) is 16.7 Å². The van der Waals surface area contributed by atoms with Gasteiger partial charge in [0.2, 0.25) is 5.91 Å². The summed E-state index contributed by atoms with van der Waals surface area (Å²) in [4.78, 5) is 11.9. The Balaban J connectivity index is 4.42. The van der Waals surface area contributed by atoms with Crippen molar-refractivity contribution in [2.75, 3.05) is 6.54 Å². The van der Waals surface area contributed by atoms with E-state index in [0.717, 1.165) is 25.8 Å². The number of carbonyl (C=O) groups is 1. The van der Waals surface area contributed by atoms with E-state index < -0.39 is 6.04 Å². The standard InChI is InChI=1S/C14H30N2O/c1-7-14(8-2,9-3)10-16-12(17)11(15)13(4,5)6/h11H,7-10,15H2,1-6H3,(H,16,17)/t11-/m1/s1. The van der Waals surface area contributed by atoms with Crippen molar-refractivity contribution < 1.29 is 4.79 Å². The molecule has 3 N–H and O–H groups in total. The lowest BCUT2D eigenvalue weighted by Gasteiger charge is -2.32. The van der Waals surface area contributed by atoms with Gasteiger partial charge in [-0.15, -0.1) is 0 Å². The van der Waals surface area contributed by atoms with Crippen molar-refractivity contribution in [2.24, 2.45) is 16.6 Å². The Morgan fingerprint density at radius 3 is 1.82 bits per heavy atom. The highest BCUT2D eigenvalue weighted by Gasteiger charge is 2.30. The molecule has 0 saturated carbocycles. The summed E-state index contributed by atoms with van der Waals surface area (Å²) in [5.74, 6) is -0.0303. The minimum absolute atomic E-state index is 0.0303. The molecule has 102 valence electrons. The van der Waals surface area contributed by atoms with E-state index in [0.29, 0.717) is 0 Å². The lowest BCUT2D eigenvalue weighted by Crippen LogP contribution is -2.50. The molecule has 0 radical (unpaired) electrons. The molecule has 0 aromatic carbocycles. The summed E-state index contributed by atoms with van der Waals surface area (Å²) in [6.45, 7) is 13.3. The SMILES string of the molecule is CCC(CC)(CC)CNC(=O)[C@@H](N)C(C)(C)C. The Hall–Kier alpha value is -0.570. The monoisotopic (exact) mass is 242 g/mol. The zero-order valence-corrected chi connectivity index (χ0v) is 12.4. The number of hydrogen-bond donors (Lipinski definition) is 2. The molecule has 1 atom stereocenters. The zero-order chi connectivity index (χ0) is 13.7. The van der Waals surface area contributed by atoms with Crippen LogP contribution in [0.3, 0.4) is 0 Å². The van der Waals surface area contributed by atoms with Gasteiger partial charge in [0.15, 0.2) is 0 Å². The van der Waals surface area contributed by atoms with Crippen molar-refractivity contribution in [1.82, 2.24) is 5.32 Å². The van der Waals surface area contributed by atoms with Crippen molar-refractivity contribution in [1.29, 1.82) is 0 Å². The van der Waals surface area contributed by atoms with Crippen molar-refractivity contribution >= 4 is 5.91 Å². The van der Waals surface area contributed by atoms with Crippen LogP contribution in [-0.2, 0) is 4.79 Å². The van der Waals surface area contributed by atoms with Crippen molar-refractivity contribution in [2.45, 2.75) is 66.8 Å². The normalized spacial score (nSPS) is 14.5. The molecule has 3 nitrogen and oxygen atoms in total. The minimum atomic E-state index is -0.439. The molecule has 0 heterocycles. The maximum atomic E-state index is 11.9. The molecule has 0 rings (SSSR count). The number of amides is 1. The van der Waals surface area contributed by atoms with E-state index in [1.807, 2.05) is 20.8 Å². The Morgan fingerprint density at radius 1 is 1.12 bits per heavy atom. The molecule has 0 aromatic heterocycles. The van der Waals surface area contributed by atoms with Crippen LogP contribution in [0.15, 0.2) is 0 Å². The number of nitrogens with one attached hydrogen (secondary N) is 1. The van der Waals surface area contributed by atoms with E-state index in [9.17, 15) is 4.79 Å².